The van der Waals surface area contributed by atoms with Crippen LogP contribution in [0.25, 0.3) is 11.4 Å². The molecule has 3 rings (SSSR count). The molecule has 23 heavy (non-hydrogen) atoms. The molecule has 1 aromatic carbocycles. The van der Waals surface area contributed by atoms with Gasteiger partial charge in [0, 0.05) is 11.6 Å². The first-order valence-electron chi connectivity index (χ1n) is 6.56. The van der Waals surface area contributed by atoms with E-state index in [0.29, 0.717) is 11.5 Å². The van der Waals surface area contributed by atoms with E-state index >= 15 is 0 Å². The number of thiophene rings is 1. The fourth-order valence-electron chi connectivity index (χ4n) is 1.87. The van der Waals surface area contributed by atoms with Gasteiger partial charge in [-0.3, -0.25) is 14.9 Å². The Kier molecular flexibility index (Phi) is 4.07. The molecule has 0 atom stereocenters. The van der Waals surface area contributed by atoms with Gasteiger partial charge >= 0.3 is 5.00 Å². The number of amides is 1. The standard InChI is InChI=1S/C15H10N4O3S/c20-15(12-6-7-13(23-12)19(21)22)18-11-8-16-14(17-9-11)10-4-2-1-3-5-10/h1-9H,(H,18,20). The number of hydrogen-bond acceptors (Lipinski definition) is 6. The minimum Gasteiger partial charge on any atom is -0.319 e. The first kappa shape index (κ1) is 14.8. The number of nitro groups is 1. The zero-order chi connectivity index (χ0) is 16.2. The lowest BCUT2D eigenvalue weighted by Gasteiger charge is -2.04. The van der Waals surface area contributed by atoms with E-state index < -0.39 is 10.8 Å². The number of hydrogen-bond donors (Lipinski definition) is 1. The minimum absolute atomic E-state index is 0.0779. The summed E-state index contributed by atoms with van der Waals surface area (Å²) in [5.41, 5.74) is 1.30. The van der Waals surface area contributed by atoms with Crippen LogP contribution in [0.4, 0.5) is 10.7 Å². The van der Waals surface area contributed by atoms with Crippen molar-refractivity contribution >= 4 is 27.9 Å². The smallest absolute Gasteiger partial charge is 0.319 e. The Bertz CT molecular complexity index is 847. The Morgan fingerprint density at radius 3 is 2.39 bits per heavy atom. The van der Waals surface area contributed by atoms with Crippen LogP contribution in [0.3, 0.4) is 0 Å². The van der Waals surface area contributed by atoms with E-state index in [1.807, 2.05) is 30.3 Å². The van der Waals surface area contributed by atoms with Gasteiger partial charge in [-0.2, -0.15) is 0 Å². The summed E-state index contributed by atoms with van der Waals surface area (Å²) in [5, 5.41) is 13.2. The average molecular weight is 326 g/mol. The van der Waals surface area contributed by atoms with Crippen molar-refractivity contribution in [2.75, 3.05) is 5.32 Å². The number of anilines is 1. The second-order valence-electron chi connectivity index (χ2n) is 4.51. The molecule has 2 aromatic heterocycles. The van der Waals surface area contributed by atoms with Gasteiger partial charge in [-0.15, -0.1) is 0 Å². The van der Waals surface area contributed by atoms with E-state index in [-0.39, 0.29) is 9.88 Å². The van der Waals surface area contributed by atoms with Gasteiger partial charge in [-0.05, 0) is 6.07 Å². The van der Waals surface area contributed by atoms with Gasteiger partial charge in [0.05, 0.1) is 27.9 Å². The Hall–Kier alpha value is -3.13. The Morgan fingerprint density at radius 2 is 1.78 bits per heavy atom. The molecule has 0 spiro atoms. The lowest BCUT2D eigenvalue weighted by molar-refractivity contribution is -0.380. The van der Waals surface area contributed by atoms with Gasteiger partial charge in [0.1, 0.15) is 0 Å². The summed E-state index contributed by atoms with van der Waals surface area (Å²) in [6.07, 6.45) is 2.99. The largest absolute Gasteiger partial charge is 0.324 e. The number of nitrogens with one attached hydrogen (secondary N) is 1. The fourth-order valence-corrected chi connectivity index (χ4v) is 2.59. The van der Waals surface area contributed by atoms with Crippen LogP contribution in [0.5, 0.6) is 0 Å². The van der Waals surface area contributed by atoms with E-state index in [2.05, 4.69) is 15.3 Å². The monoisotopic (exact) mass is 326 g/mol. The molecule has 8 heteroatoms. The van der Waals surface area contributed by atoms with Gasteiger partial charge in [0.2, 0.25) is 0 Å². The summed E-state index contributed by atoms with van der Waals surface area (Å²) in [6.45, 7) is 0. The van der Waals surface area contributed by atoms with E-state index in [0.717, 1.165) is 16.9 Å². The number of rotatable bonds is 4. The predicted molar refractivity (Wildman–Crippen MR) is 86.4 cm³/mol. The summed E-state index contributed by atoms with van der Waals surface area (Å²) in [7, 11) is 0. The normalized spacial score (nSPS) is 10.3. The summed E-state index contributed by atoms with van der Waals surface area (Å²) in [4.78, 5) is 30.8. The molecule has 1 N–H and O–H groups in total. The van der Waals surface area contributed by atoms with Crippen molar-refractivity contribution in [2.45, 2.75) is 0 Å². The van der Waals surface area contributed by atoms with Crippen molar-refractivity contribution in [1.82, 2.24) is 9.97 Å². The molecular formula is C15H10N4O3S. The maximum atomic E-state index is 12.0. The lowest BCUT2D eigenvalue weighted by atomic mass is 10.2. The van der Waals surface area contributed by atoms with Crippen LogP contribution < -0.4 is 5.32 Å². The quantitative estimate of drug-likeness (QED) is 0.585. The van der Waals surface area contributed by atoms with Crippen LogP contribution in [0.2, 0.25) is 0 Å². The molecule has 0 aliphatic heterocycles. The van der Waals surface area contributed by atoms with Crippen molar-refractivity contribution in [1.29, 1.82) is 0 Å². The van der Waals surface area contributed by atoms with Crippen molar-refractivity contribution < 1.29 is 9.72 Å². The van der Waals surface area contributed by atoms with Crippen molar-refractivity contribution in [3.8, 4) is 11.4 Å². The van der Waals surface area contributed by atoms with Crippen LogP contribution in [0.15, 0.2) is 54.9 Å². The molecule has 1 amide bonds. The molecule has 3 aromatic rings. The summed E-state index contributed by atoms with van der Waals surface area (Å²) >= 11 is 0.816. The number of benzene rings is 1. The molecule has 2 heterocycles. The summed E-state index contributed by atoms with van der Waals surface area (Å²) in [5.74, 6) is 0.120. The third-order valence-electron chi connectivity index (χ3n) is 2.94. The number of aromatic nitrogens is 2. The average Bonchev–Trinajstić information content (AvgIpc) is 3.07. The fraction of sp³-hybridized carbons (Fsp3) is 0. The first-order chi connectivity index (χ1) is 11.1. The lowest BCUT2D eigenvalue weighted by Crippen LogP contribution is -2.10. The second-order valence-corrected chi connectivity index (χ2v) is 5.57. The third kappa shape index (κ3) is 3.38. The van der Waals surface area contributed by atoms with E-state index in [9.17, 15) is 14.9 Å². The highest BCUT2D eigenvalue weighted by Crippen LogP contribution is 2.24. The van der Waals surface area contributed by atoms with Crippen LogP contribution in [-0.4, -0.2) is 20.8 Å². The minimum atomic E-state index is -0.529. The van der Waals surface area contributed by atoms with Gasteiger partial charge in [-0.25, -0.2) is 9.97 Å². The van der Waals surface area contributed by atoms with Gasteiger partial charge in [0.15, 0.2) is 5.82 Å². The van der Waals surface area contributed by atoms with Crippen LogP contribution in [0, 0.1) is 10.1 Å². The zero-order valence-electron chi connectivity index (χ0n) is 11.7. The molecule has 0 saturated heterocycles. The maximum absolute atomic E-state index is 12.0. The van der Waals surface area contributed by atoms with Crippen molar-refractivity contribution in [2.24, 2.45) is 0 Å². The maximum Gasteiger partial charge on any atom is 0.324 e. The van der Waals surface area contributed by atoms with Crippen LogP contribution in [-0.2, 0) is 0 Å². The number of carbonyl (C=O) groups is 1. The molecular weight excluding hydrogens is 316 g/mol. The first-order valence-corrected chi connectivity index (χ1v) is 7.38. The topological polar surface area (TPSA) is 98.0 Å². The molecule has 0 aliphatic rings. The molecule has 0 fully saturated rings. The molecule has 0 aliphatic carbocycles. The van der Waals surface area contributed by atoms with Crippen molar-refractivity contribution in [3.05, 3.63) is 69.8 Å². The van der Waals surface area contributed by atoms with Gasteiger partial charge in [0.25, 0.3) is 5.91 Å². The highest BCUT2D eigenvalue weighted by atomic mass is 32.1. The highest BCUT2D eigenvalue weighted by Gasteiger charge is 2.15. The predicted octanol–water partition coefficient (Wildman–Crippen LogP) is 3.37. The third-order valence-corrected chi connectivity index (χ3v) is 3.97. The van der Waals surface area contributed by atoms with E-state index in [1.165, 1.54) is 24.5 Å². The van der Waals surface area contributed by atoms with Crippen LogP contribution >= 0.6 is 11.3 Å². The zero-order valence-corrected chi connectivity index (χ0v) is 12.5. The van der Waals surface area contributed by atoms with Gasteiger partial charge < -0.3 is 5.32 Å². The van der Waals surface area contributed by atoms with Crippen LogP contribution in [0.1, 0.15) is 9.67 Å². The Labute approximate surface area is 134 Å². The highest BCUT2D eigenvalue weighted by molar-refractivity contribution is 7.17. The number of nitrogens with zero attached hydrogens (tertiary/aromatic N) is 3. The second kappa shape index (κ2) is 6.32. The van der Waals surface area contributed by atoms with E-state index in [4.69, 9.17) is 0 Å². The molecule has 0 bridgehead atoms. The Balaban J connectivity index is 1.72. The van der Waals surface area contributed by atoms with Gasteiger partial charge in [-0.1, -0.05) is 41.7 Å². The molecule has 0 saturated carbocycles. The molecule has 114 valence electrons. The SMILES string of the molecule is O=C(Nc1cnc(-c2ccccc2)nc1)c1ccc([N+](=O)[O-])s1. The van der Waals surface area contributed by atoms with Crippen molar-refractivity contribution in [3.63, 3.8) is 0 Å². The summed E-state index contributed by atoms with van der Waals surface area (Å²) in [6, 6.07) is 12.2. The van der Waals surface area contributed by atoms with E-state index in [1.54, 1.807) is 0 Å². The molecule has 0 radical (unpaired) electrons. The molecule has 7 nitrogen and oxygen atoms in total. The summed E-state index contributed by atoms with van der Waals surface area (Å²) < 4.78 is 0. The molecule has 0 unspecified atom stereocenters. The number of carbonyl (C=O) groups excluding carboxylic acids is 1. The Morgan fingerprint density at radius 1 is 1.09 bits per heavy atom.